The molecule has 2 aromatic carbocycles. The molecular formula is C27H32N2O3. The number of carbonyl (C=O) groups excluding carboxylic acids is 2. The van der Waals surface area contributed by atoms with Gasteiger partial charge in [0.25, 0.3) is 5.91 Å². The van der Waals surface area contributed by atoms with Crippen molar-refractivity contribution in [2.45, 2.75) is 40.2 Å². The van der Waals surface area contributed by atoms with Crippen molar-refractivity contribution < 1.29 is 14.0 Å². The van der Waals surface area contributed by atoms with E-state index in [0.717, 1.165) is 29.9 Å². The predicted octanol–water partition coefficient (Wildman–Crippen LogP) is 5.02. The maximum absolute atomic E-state index is 13.3. The fraction of sp³-hybridized carbons (Fsp3) is 0.333. The van der Waals surface area contributed by atoms with Crippen LogP contribution in [0.4, 0.5) is 0 Å². The molecule has 0 bridgehead atoms. The standard InChI is InChI=1S/C27H32N2O3/c1-4-17-29(27(31)24-13-10-21(2)11-14-24)20-26(30)28(19-25-15-12-22(3)32-25)18-16-23-8-6-5-7-9-23/h5-15H,4,16-20H2,1-3H3. The van der Waals surface area contributed by atoms with Gasteiger partial charge in [-0.3, -0.25) is 9.59 Å². The fourth-order valence-corrected chi connectivity index (χ4v) is 3.62. The summed E-state index contributed by atoms with van der Waals surface area (Å²) < 4.78 is 5.72. The van der Waals surface area contributed by atoms with Gasteiger partial charge in [0.15, 0.2) is 0 Å². The Labute approximate surface area is 190 Å². The maximum atomic E-state index is 13.3. The van der Waals surface area contributed by atoms with Gasteiger partial charge in [-0.15, -0.1) is 0 Å². The number of carbonyl (C=O) groups is 2. The summed E-state index contributed by atoms with van der Waals surface area (Å²) in [5.74, 6) is 1.37. The lowest BCUT2D eigenvalue weighted by atomic mass is 10.1. The third-order valence-corrected chi connectivity index (χ3v) is 5.41. The van der Waals surface area contributed by atoms with E-state index >= 15 is 0 Å². The summed E-state index contributed by atoms with van der Waals surface area (Å²) in [6.07, 6.45) is 1.53. The lowest BCUT2D eigenvalue weighted by Gasteiger charge is -2.27. The van der Waals surface area contributed by atoms with Gasteiger partial charge < -0.3 is 14.2 Å². The van der Waals surface area contributed by atoms with Gasteiger partial charge in [-0.2, -0.15) is 0 Å². The number of nitrogens with zero attached hydrogens (tertiary/aromatic N) is 2. The summed E-state index contributed by atoms with van der Waals surface area (Å²) in [6.45, 7) is 7.42. The normalized spacial score (nSPS) is 10.7. The van der Waals surface area contributed by atoms with E-state index in [4.69, 9.17) is 4.42 Å². The van der Waals surface area contributed by atoms with Crippen LogP contribution in [0.3, 0.4) is 0 Å². The molecule has 1 heterocycles. The molecule has 0 N–H and O–H groups in total. The van der Waals surface area contributed by atoms with Crippen molar-refractivity contribution in [1.29, 1.82) is 0 Å². The minimum atomic E-state index is -0.114. The van der Waals surface area contributed by atoms with E-state index in [-0.39, 0.29) is 18.4 Å². The van der Waals surface area contributed by atoms with Crippen LogP contribution in [-0.2, 0) is 17.8 Å². The summed E-state index contributed by atoms with van der Waals surface area (Å²) >= 11 is 0. The van der Waals surface area contributed by atoms with Crippen LogP contribution in [0.1, 0.15) is 46.3 Å². The number of hydrogen-bond acceptors (Lipinski definition) is 3. The summed E-state index contributed by atoms with van der Waals surface area (Å²) in [5, 5.41) is 0. The SMILES string of the molecule is CCCN(CC(=O)N(CCc1ccccc1)Cc1ccc(C)o1)C(=O)c1ccc(C)cc1. The second-order valence-corrected chi connectivity index (χ2v) is 8.16. The van der Waals surface area contributed by atoms with Crippen molar-refractivity contribution in [3.63, 3.8) is 0 Å². The first-order chi connectivity index (χ1) is 15.5. The number of rotatable bonds is 10. The molecular weight excluding hydrogens is 400 g/mol. The Bertz CT molecular complexity index is 1010. The minimum Gasteiger partial charge on any atom is -0.464 e. The zero-order valence-electron chi connectivity index (χ0n) is 19.2. The molecule has 0 aliphatic rings. The zero-order valence-corrected chi connectivity index (χ0v) is 19.2. The molecule has 3 aromatic rings. The summed E-state index contributed by atoms with van der Waals surface area (Å²) in [4.78, 5) is 29.9. The van der Waals surface area contributed by atoms with Gasteiger partial charge in [0.2, 0.25) is 5.91 Å². The monoisotopic (exact) mass is 432 g/mol. The number of amides is 2. The second-order valence-electron chi connectivity index (χ2n) is 8.16. The lowest BCUT2D eigenvalue weighted by Crippen LogP contribution is -2.43. The molecule has 0 saturated heterocycles. The van der Waals surface area contributed by atoms with Crippen molar-refractivity contribution in [3.8, 4) is 0 Å². The Morgan fingerprint density at radius 1 is 0.844 bits per heavy atom. The van der Waals surface area contributed by atoms with E-state index in [1.54, 1.807) is 9.80 Å². The van der Waals surface area contributed by atoms with Gasteiger partial charge in [0.05, 0.1) is 6.54 Å². The summed E-state index contributed by atoms with van der Waals surface area (Å²) in [6, 6.07) is 21.4. The molecule has 0 unspecified atom stereocenters. The molecule has 0 aliphatic carbocycles. The Hall–Kier alpha value is -3.34. The van der Waals surface area contributed by atoms with Crippen molar-refractivity contribution in [2.75, 3.05) is 19.6 Å². The molecule has 5 nitrogen and oxygen atoms in total. The molecule has 0 saturated carbocycles. The van der Waals surface area contributed by atoms with Crippen LogP contribution in [-0.4, -0.2) is 41.2 Å². The summed E-state index contributed by atoms with van der Waals surface area (Å²) in [7, 11) is 0. The molecule has 1 aromatic heterocycles. The first kappa shape index (κ1) is 23.3. The Kier molecular flexibility index (Phi) is 8.26. The van der Waals surface area contributed by atoms with Crippen molar-refractivity contribution in [1.82, 2.24) is 9.80 Å². The van der Waals surface area contributed by atoms with E-state index in [1.165, 1.54) is 5.56 Å². The van der Waals surface area contributed by atoms with Gasteiger partial charge in [0, 0.05) is 18.7 Å². The van der Waals surface area contributed by atoms with Gasteiger partial charge in [0.1, 0.15) is 18.1 Å². The average molecular weight is 433 g/mol. The van der Waals surface area contributed by atoms with E-state index in [9.17, 15) is 9.59 Å². The highest BCUT2D eigenvalue weighted by atomic mass is 16.3. The number of aryl methyl sites for hydroxylation is 2. The van der Waals surface area contributed by atoms with Crippen molar-refractivity contribution in [3.05, 3.63) is 94.9 Å². The van der Waals surface area contributed by atoms with Crippen molar-refractivity contribution in [2.24, 2.45) is 0 Å². The van der Waals surface area contributed by atoms with Gasteiger partial charge in [-0.25, -0.2) is 0 Å². The topological polar surface area (TPSA) is 53.8 Å². The van der Waals surface area contributed by atoms with Crippen LogP contribution in [0, 0.1) is 13.8 Å². The van der Waals surface area contributed by atoms with Gasteiger partial charge >= 0.3 is 0 Å². The Morgan fingerprint density at radius 3 is 2.19 bits per heavy atom. The van der Waals surface area contributed by atoms with Gasteiger partial charge in [-0.05, 0) is 56.5 Å². The van der Waals surface area contributed by atoms with Crippen LogP contribution in [0.15, 0.2) is 71.1 Å². The highest BCUT2D eigenvalue weighted by molar-refractivity contribution is 5.96. The molecule has 0 radical (unpaired) electrons. The molecule has 0 fully saturated rings. The molecule has 5 heteroatoms. The molecule has 0 spiro atoms. The molecule has 3 rings (SSSR count). The van der Waals surface area contributed by atoms with E-state index < -0.39 is 0 Å². The largest absolute Gasteiger partial charge is 0.464 e. The molecule has 2 amide bonds. The number of hydrogen-bond donors (Lipinski definition) is 0. The van der Waals surface area contributed by atoms with Crippen LogP contribution < -0.4 is 0 Å². The molecule has 168 valence electrons. The fourth-order valence-electron chi connectivity index (χ4n) is 3.62. The Morgan fingerprint density at radius 2 is 1.56 bits per heavy atom. The molecule has 0 aliphatic heterocycles. The highest BCUT2D eigenvalue weighted by Gasteiger charge is 2.22. The Balaban J connectivity index is 1.74. The first-order valence-electron chi connectivity index (χ1n) is 11.2. The average Bonchev–Trinajstić information content (AvgIpc) is 3.21. The van der Waals surface area contributed by atoms with Crippen LogP contribution in [0.2, 0.25) is 0 Å². The summed E-state index contributed by atoms with van der Waals surface area (Å²) in [5.41, 5.74) is 2.87. The van der Waals surface area contributed by atoms with E-state index in [1.807, 2.05) is 75.4 Å². The van der Waals surface area contributed by atoms with E-state index in [2.05, 4.69) is 12.1 Å². The third kappa shape index (κ3) is 6.58. The van der Waals surface area contributed by atoms with Gasteiger partial charge in [-0.1, -0.05) is 55.0 Å². The van der Waals surface area contributed by atoms with Crippen LogP contribution in [0.5, 0.6) is 0 Å². The molecule has 32 heavy (non-hydrogen) atoms. The predicted molar refractivity (Wildman–Crippen MR) is 126 cm³/mol. The van der Waals surface area contributed by atoms with E-state index in [0.29, 0.717) is 25.2 Å². The van der Waals surface area contributed by atoms with Crippen molar-refractivity contribution >= 4 is 11.8 Å². The molecule has 0 atom stereocenters. The highest BCUT2D eigenvalue weighted by Crippen LogP contribution is 2.13. The number of furan rings is 1. The zero-order chi connectivity index (χ0) is 22.9. The number of benzene rings is 2. The maximum Gasteiger partial charge on any atom is 0.254 e. The smallest absolute Gasteiger partial charge is 0.254 e. The second kappa shape index (κ2) is 11.3. The lowest BCUT2D eigenvalue weighted by molar-refractivity contribution is -0.132. The minimum absolute atomic E-state index is 0.0506. The first-order valence-corrected chi connectivity index (χ1v) is 11.2. The van der Waals surface area contributed by atoms with Crippen LogP contribution >= 0.6 is 0 Å². The quantitative estimate of drug-likeness (QED) is 0.452. The van der Waals surface area contributed by atoms with Crippen LogP contribution in [0.25, 0.3) is 0 Å². The third-order valence-electron chi connectivity index (χ3n) is 5.41.